The Bertz CT molecular complexity index is 1580. The third kappa shape index (κ3) is 4.34. The number of rotatable bonds is 6. The van der Waals surface area contributed by atoms with E-state index in [0.29, 0.717) is 0 Å². The van der Waals surface area contributed by atoms with Crippen LogP contribution in [0.15, 0.2) is 121 Å². The van der Waals surface area contributed by atoms with Crippen LogP contribution in [-0.2, 0) is 22.0 Å². The van der Waals surface area contributed by atoms with Crippen molar-refractivity contribution in [1.82, 2.24) is 0 Å². The van der Waals surface area contributed by atoms with E-state index in [1.807, 2.05) is 0 Å². The Kier molecular flexibility index (Phi) is 6.76. The average Bonchev–Trinajstić information content (AvgIpc) is 3.31. The van der Waals surface area contributed by atoms with Gasteiger partial charge in [0.05, 0.1) is 0 Å². The van der Waals surface area contributed by atoms with E-state index in [9.17, 15) is 0 Å². The summed E-state index contributed by atoms with van der Waals surface area (Å²) in [5.74, 6) is -2.23. The van der Waals surface area contributed by atoms with Crippen LogP contribution in [0, 0.1) is 13.8 Å². The molecule has 0 spiro atoms. The predicted molar refractivity (Wildman–Crippen MR) is 165 cm³/mol. The van der Waals surface area contributed by atoms with Gasteiger partial charge in [0, 0.05) is 0 Å². The van der Waals surface area contributed by atoms with Crippen LogP contribution in [0.25, 0.3) is 11.1 Å². The first kappa shape index (κ1) is 25.8. The summed E-state index contributed by atoms with van der Waals surface area (Å²) in [6.07, 6.45) is 0.854. The van der Waals surface area contributed by atoms with Crippen molar-refractivity contribution in [2.24, 2.45) is 0 Å². The molecule has 0 amide bonds. The summed E-state index contributed by atoms with van der Waals surface area (Å²) >= 11 is -5.35. The molecule has 0 unspecified atom stereocenters. The fraction of sp³-hybridized carbons (Fsp3) is 0.0909. The van der Waals surface area contributed by atoms with Crippen molar-refractivity contribution >= 4 is 42.5 Å². The van der Waals surface area contributed by atoms with Gasteiger partial charge in [-0.1, -0.05) is 0 Å². The number of aryl methyl sites for hydroxylation is 2. The minimum atomic E-state index is -5.35. The molecule has 0 heterocycles. The molecule has 1 nitrogen and oxygen atoms in total. The van der Waals surface area contributed by atoms with Gasteiger partial charge in [-0.2, -0.15) is 0 Å². The van der Waals surface area contributed by atoms with E-state index in [4.69, 9.17) is 17.2 Å². The summed E-state index contributed by atoms with van der Waals surface area (Å²) in [6, 6.07) is 43.3. The molecule has 189 valence electrons. The van der Waals surface area contributed by atoms with Crippen molar-refractivity contribution in [1.29, 1.82) is 0 Å². The summed E-state index contributed by atoms with van der Waals surface area (Å²) < 4.78 is 5.21. The molecule has 1 aliphatic carbocycles. The Morgan fingerprint density at radius 2 is 1.13 bits per heavy atom. The molecule has 5 aromatic carbocycles. The maximum absolute atomic E-state index is 8.40. The Morgan fingerprint density at radius 1 is 0.605 bits per heavy atom. The van der Waals surface area contributed by atoms with Gasteiger partial charge in [0.25, 0.3) is 0 Å². The Morgan fingerprint density at radius 3 is 1.76 bits per heavy atom. The summed E-state index contributed by atoms with van der Waals surface area (Å²) in [5, 5.41) is 2.54. The summed E-state index contributed by atoms with van der Waals surface area (Å²) in [5.41, 5.74) is 8.59. The van der Waals surface area contributed by atoms with E-state index in [2.05, 4.69) is 138 Å². The molecule has 5 aromatic rings. The molecule has 0 aromatic heterocycles. The molecular formula is C33H30Cl2HfNSi. The van der Waals surface area contributed by atoms with Crippen LogP contribution in [0.4, 0.5) is 5.69 Å². The number of benzene rings is 5. The molecule has 0 saturated carbocycles. The normalized spacial score (nSPS) is 13.4. The topological polar surface area (TPSA) is 12.0 Å². The van der Waals surface area contributed by atoms with Crippen molar-refractivity contribution < 1.29 is 15.6 Å². The summed E-state index contributed by atoms with van der Waals surface area (Å²) in [7, 11) is 16.8. The van der Waals surface area contributed by atoms with E-state index in [1.165, 1.54) is 43.8 Å². The molecule has 0 saturated heterocycles. The second-order valence-electron chi connectivity index (χ2n) is 10.4. The molecule has 0 bridgehead atoms. The summed E-state index contributed by atoms with van der Waals surface area (Å²) in [4.78, 5) is 0. The number of fused-ring (bicyclic) bond motifs is 3. The first-order valence-corrected chi connectivity index (χ1v) is 33.5. The third-order valence-electron chi connectivity index (χ3n) is 7.95. The predicted octanol–water partition coefficient (Wildman–Crippen LogP) is 7.06. The minimum absolute atomic E-state index is 0.854. The van der Waals surface area contributed by atoms with E-state index < -0.39 is 21.6 Å². The molecule has 0 atom stereocenters. The van der Waals surface area contributed by atoms with Crippen LogP contribution >= 0.6 is 17.2 Å². The van der Waals surface area contributed by atoms with Gasteiger partial charge in [-0.05, 0) is 0 Å². The fourth-order valence-corrected chi connectivity index (χ4v) is 59.1. The van der Waals surface area contributed by atoms with E-state index in [0.717, 1.165) is 15.4 Å². The molecule has 0 fully saturated rings. The second kappa shape index (κ2) is 9.95. The third-order valence-corrected chi connectivity index (χ3v) is 56.3. The maximum atomic E-state index is 8.40. The SMILES string of the molecule is Cc1cccc(C)c1[NH][Hf]([Cl])([Cl])([c]1cccc2c1Cc1ccccc1-2)[SiH](c1ccccc1)c1ccccc1. The molecule has 6 rings (SSSR count). The van der Waals surface area contributed by atoms with Gasteiger partial charge in [0.15, 0.2) is 0 Å². The van der Waals surface area contributed by atoms with Crippen LogP contribution in [0.3, 0.4) is 0 Å². The number of halogens is 2. The second-order valence-corrected chi connectivity index (χ2v) is 59.3. The Hall–Kier alpha value is -2.43. The van der Waals surface area contributed by atoms with E-state index in [-0.39, 0.29) is 0 Å². The number of para-hydroxylation sites is 1. The standard InChI is InChI=1S/C13H9.C12H11Si.C8H10N.2ClH.Hf/c1-3-7-12-10(5-1)9-11-6-2-4-8-13(11)12;1-3-7-11(8-4-1)13-12-9-5-2-6-10-12;1-6-4-3-5-7(2)8(6)9;;;/h1-5,7-8H,9H2;1-10,13H;3-5,9H,1-2H3;2*1H;/q;;-1;;;+3/p-2. The first-order chi connectivity index (χ1) is 18.4. The van der Waals surface area contributed by atoms with Crippen LogP contribution in [0.2, 0.25) is 0 Å². The zero-order valence-electron chi connectivity index (χ0n) is 21.6. The fourth-order valence-electron chi connectivity index (χ4n) is 6.19. The molecule has 5 heteroatoms. The van der Waals surface area contributed by atoms with Crippen LogP contribution in [-0.4, -0.2) is 5.98 Å². The van der Waals surface area contributed by atoms with Gasteiger partial charge in [-0.15, -0.1) is 0 Å². The Labute approximate surface area is 234 Å². The average molecular weight is 718 g/mol. The summed E-state index contributed by atoms with van der Waals surface area (Å²) in [6.45, 7) is 4.29. The molecule has 1 N–H and O–H groups in total. The van der Waals surface area contributed by atoms with Crippen molar-refractivity contribution in [2.75, 3.05) is 3.30 Å². The number of hydrogen-bond donors (Lipinski definition) is 1. The Balaban J connectivity index is 1.68. The number of anilines is 1. The monoisotopic (exact) mass is 718 g/mol. The van der Waals surface area contributed by atoms with Crippen LogP contribution in [0.1, 0.15) is 22.3 Å². The van der Waals surface area contributed by atoms with Gasteiger partial charge in [0.1, 0.15) is 0 Å². The van der Waals surface area contributed by atoms with Gasteiger partial charge in [-0.3, -0.25) is 0 Å². The van der Waals surface area contributed by atoms with Crippen LogP contribution < -0.4 is 17.0 Å². The zero-order valence-corrected chi connectivity index (χ0v) is 27.8. The molecular weight excluding hydrogens is 688 g/mol. The van der Waals surface area contributed by atoms with Crippen molar-refractivity contribution in [2.45, 2.75) is 20.3 Å². The van der Waals surface area contributed by atoms with Crippen molar-refractivity contribution in [3.05, 3.63) is 144 Å². The quantitative estimate of drug-likeness (QED) is 0.182. The molecule has 38 heavy (non-hydrogen) atoms. The van der Waals surface area contributed by atoms with Gasteiger partial charge in [-0.25, -0.2) is 0 Å². The van der Waals surface area contributed by atoms with E-state index in [1.54, 1.807) is 0 Å². The van der Waals surface area contributed by atoms with Crippen molar-refractivity contribution in [3.63, 3.8) is 0 Å². The van der Waals surface area contributed by atoms with Gasteiger partial charge in [0.2, 0.25) is 0 Å². The van der Waals surface area contributed by atoms with E-state index >= 15 is 0 Å². The molecule has 1 aliphatic rings. The molecule has 0 radical (unpaired) electrons. The van der Waals surface area contributed by atoms with Crippen LogP contribution in [0.5, 0.6) is 0 Å². The first-order valence-electron chi connectivity index (χ1n) is 13.1. The van der Waals surface area contributed by atoms with Crippen molar-refractivity contribution in [3.8, 4) is 11.1 Å². The number of nitrogens with one attached hydrogen (secondary N) is 1. The van der Waals surface area contributed by atoms with Gasteiger partial charge >= 0.3 is 236 Å². The van der Waals surface area contributed by atoms with Gasteiger partial charge < -0.3 is 0 Å². The zero-order chi connectivity index (χ0) is 26.4. The number of hydrogen-bond acceptors (Lipinski definition) is 1. The molecule has 0 aliphatic heterocycles.